The zero-order valence-corrected chi connectivity index (χ0v) is 15.4. The van der Waals surface area contributed by atoms with Gasteiger partial charge in [-0.2, -0.15) is 0 Å². The van der Waals surface area contributed by atoms with Crippen molar-refractivity contribution in [1.82, 2.24) is 10.2 Å². The van der Waals surface area contributed by atoms with E-state index in [1.807, 2.05) is 0 Å². The van der Waals surface area contributed by atoms with Gasteiger partial charge in [0.15, 0.2) is 0 Å². The smallest absolute Gasteiger partial charge is 0.0385 e. The zero-order chi connectivity index (χ0) is 13.0. The van der Waals surface area contributed by atoms with E-state index in [0.29, 0.717) is 12.0 Å². The highest BCUT2D eigenvalue weighted by Gasteiger charge is 2.27. The highest BCUT2D eigenvalue weighted by molar-refractivity contribution is 9.10. The molecule has 0 amide bonds. The normalized spacial score (nSPS) is 18.6. The molecule has 1 aromatic rings. The van der Waals surface area contributed by atoms with E-state index in [-0.39, 0.29) is 24.8 Å². The Labute approximate surface area is 143 Å². The largest absolute Gasteiger partial charge is 0.314 e. The van der Waals surface area contributed by atoms with Gasteiger partial charge in [0.1, 0.15) is 0 Å². The molecule has 0 radical (unpaired) electrons. The lowest BCUT2D eigenvalue weighted by atomic mass is 9.90. The van der Waals surface area contributed by atoms with Gasteiger partial charge in [0.2, 0.25) is 0 Å². The van der Waals surface area contributed by atoms with Gasteiger partial charge >= 0.3 is 0 Å². The zero-order valence-electron chi connectivity index (χ0n) is 12.1. The molecule has 0 spiro atoms. The van der Waals surface area contributed by atoms with E-state index in [9.17, 15) is 0 Å². The monoisotopic (exact) mass is 382 g/mol. The van der Waals surface area contributed by atoms with Crippen LogP contribution in [0.2, 0.25) is 0 Å². The SMILES string of the molecule is CCC(C)[C@@H](c1ccccc1Br)N1CCNCC1.Cl.Cl. The lowest BCUT2D eigenvalue weighted by molar-refractivity contribution is 0.128. The van der Waals surface area contributed by atoms with Crippen LogP contribution in [0, 0.1) is 5.92 Å². The molecular formula is C15H25BrCl2N2. The van der Waals surface area contributed by atoms with E-state index >= 15 is 0 Å². The lowest BCUT2D eigenvalue weighted by Gasteiger charge is -2.38. The van der Waals surface area contributed by atoms with Gasteiger partial charge in [-0.1, -0.05) is 54.4 Å². The van der Waals surface area contributed by atoms with Crippen LogP contribution in [0.5, 0.6) is 0 Å². The van der Waals surface area contributed by atoms with Gasteiger partial charge in [-0.3, -0.25) is 4.90 Å². The molecule has 1 saturated heterocycles. The van der Waals surface area contributed by atoms with E-state index in [0.717, 1.165) is 26.2 Å². The standard InChI is InChI=1S/C15H23BrN2.2ClH/c1-3-12(2)15(18-10-8-17-9-11-18)13-6-4-5-7-14(13)16;;/h4-7,12,15,17H,3,8-11H2,1-2H3;2*1H/t12?,15-;;/m0../s1. The molecule has 1 aliphatic heterocycles. The van der Waals surface area contributed by atoms with Crippen LogP contribution >= 0.6 is 40.7 Å². The molecule has 1 fully saturated rings. The number of nitrogens with zero attached hydrogens (tertiary/aromatic N) is 1. The van der Waals surface area contributed by atoms with Crippen LogP contribution in [0.3, 0.4) is 0 Å². The molecule has 2 rings (SSSR count). The first-order valence-electron chi connectivity index (χ1n) is 6.93. The number of halogens is 3. The summed E-state index contributed by atoms with van der Waals surface area (Å²) in [6.45, 7) is 9.17. The molecule has 2 atom stereocenters. The van der Waals surface area contributed by atoms with Crippen molar-refractivity contribution < 1.29 is 0 Å². The van der Waals surface area contributed by atoms with Crippen LogP contribution in [-0.2, 0) is 0 Å². The second kappa shape index (κ2) is 10.0. The highest BCUT2D eigenvalue weighted by Crippen LogP contribution is 2.35. The van der Waals surface area contributed by atoms with Gasteiger partial charge in [-0.15, -0.1) is 24.8 Å². The highest BCUT2D eigenvalue weighted by atomic mass is 79.9. The molecule has 1 N–H and O–H groups in total. The third-order valence-corrected chi connectivity index (χ3v) is 4.67. The van der Waals surface area contributed by atoms with Crippen molar-refractivity contribution in [2.24, 2.45) is 5.92 Å². The minimum atomic E-state index is 0. The number of rotatable bonds is 4. The molecule has 0 bridgehead atoms. The topological polar surface area (TPSA) is 15.3 Å². The van der Waals surface area contributed by atoms with E-state index in [1.54, 1.807) is 0 Å². The summed E-state index contributed by atoms with van der Waals surface area (Å²) < 4.78 is 1.24. The molecule has 1 aliphatic rings. The molecule has 1 unspecified atom stereocenters. The maximum atomic E-state index is 3.72. The molecule has 0 aliphatic carbocycles. The quantitative estimate of drug-likeness (QED) is 0.834. The second-order valence-electron chi connectivity index (χ2n) is 5.14. The Morgan fingerprint density at radius 3 is 2.35 bits per heavy atom. The number of piperazine rings is 1. The summed E-state index contributed by atoms with van der Waals surface area (Å²) in [6.07, 6.45) is 1.22. The van der Waals surface area contributed by atoms with Crippen molar-refractivity contribution in [3.63, 3.8) is 0 Å². The van der Waals surface area contributed by atoms with Crippen molar-refractivity contribution in [1.29, 1.82) is 0 Å². The fourth-order valence-corrected chi connectivity index (χ4v) is 3.28. The fourth-order valence-electron chi connectivity index (χ4n) is 2.76. The summed E-state index contributed by atoms with van der Waals surface area (Å²) in [5.74, 6) is 0.682. The van der Waals surface area contributed by atoms with Crippen LogP contribution in [0.25, 0.3) is 0 Å². The van der Waals surface area contributed by atoms with Crippen molar-refractivity contribution >= 4 is 40.7 Å². The Morgan fingerprint density at radius 2 is 1.80 bits per heavy atom. The van der Waals surface area contributed by atoms with Crippen LogP contribution < -0.4 is 5.32 Å². The average molecular weight is 384 g/mol. The fraction of sp³-hybridized carbons (Fsp3) is 0.600. The minimum Gasteiger partial charge on any atom is -0.314 e. The van der Waals surface area contributed by atoms with E-state index in [2.05, 4.69) is 64.3 Å². The van der Waals surface area contributed by atoms with Gasteiger partial charge in [0.25, 0.3) is 0 Å². The number of nitrogens with one attached hydrogen (secondary N) is 1. The first kappa shape index (κ1) is 20.2. The van der Waals surface area contributed by atoms with Crippen molar-refractivity contribution in [3.8, 4) is 0 Å². The molecule has 1 aromatic carbocycles. The number of hydrogen-bond acceptors (Lipinski definition) is 2. The summed E-state index contributed by atoms with van der Waals surface area (Å²) in [5.41, 5.74) is 1.44. The summed E-state index contributed by atoms with van der Waals surface area (Å²) in [4.78, 5) is 2.63. The Kier molecular flexibility index (Phi) is 10.1. The number of benzene rings is 1. The lowest BCUT2D eigenvalue weighted by Crippen LogP contribution is -2.46. The van der Waals surface area contributed by atoms with E-state index < -0.39 is 0 Å². The first-order chi connectivity index (χ1) is 8.74. The summed E-state index contributed by atoms with van der Waals surface area (Å²) in [5, 5.41) is 3.44. The molecule has 0 aromatic heterocycles. The van der Waals surface area contributed by atoms with Gasteiger partial charge in [0, 0.05) is 36.7 Å². The number of hydrogen-bond donors (Lipinski definition) is 1. The second-order valence-corrected chi connectivity index (χ2v) is 5.99. The molecule has 1 heterocycles. The van der Waals surface area contributed by atoms with Crippen LogP contribution in [-0.4, -0.2) is 31.1 Å². The Balaban J connectivity index is 0.00000180. The van der Waals surface area contributed by atoms with E-state index in [1.165, 1.54) is 16.5 Å². The van der Waals surface area contributed by atoms with Crippen molar-refractivity contribution in [2.75, 3.05) is 26.2 Å². The predicted molar refractivity (Wildman–Crippen MR) is 95.3 cm³/mol. The van der Waals surface area contributed by atoms with Gasteiger partial charge in [-0.05, 0) is 17.5 Å². The van der Waals surface area contributed by atoms with Crippen LogP contribution in [0.1, 0.15) is 31.9 Å². The third kappa shape index (κ3) is 4.88. The predicted octanol–water partition coefficient (Wildman–Crippen LogP) is 4.29. The first-order valence-corrected chi connectivity index (χ1v) is 7.72. The maximum absolute atomic E-state index is 3.72. The van der Waals surface area contributed by atoms with E-state index in [4.69, 9.17) is 0 Å². The average Bonchev–Trinajstić information content (AvgIpc) is 2.42. The van der Waals surface area contributed by atoms with Gasteiger partial charge < -0.3 is 5.32 Å². The Morgan fingerprint density at radius 1 is 1.20 bits per heavy atom. The molecule has 2 nitrogen and oxygen atoms in total. The third-order valence-electron chi connectivity index (χ3n) is 3.95. The molecule has 116 valence electrons. The Hall–Kier alpha value is 0.200. The molecular weight excluding hydrogens is 359 g/mol. The van der Waals surface area contributed by atoms with Crippen LogP contribution in [0.15, 0.2) is 28.7 Å². The molecule has 5 heteroatoms. The van der Waals surface area contributed by atoms with Gasteiger partial charge in [0.05, 0.1) is 0 Å². The Bertz CT molecular complexity index is 384. The van der Waals surface area contributed by atoms with Crippen LogP contribution in [0.4, 0.5) is 0 Å². The maximum Gasteiger partial charge on any atom is 0.0385 e. The van der Waals surface area contributed by atoms with Crippen molar-refractivity contribution in [3.05, 3.63) is 34.3 Å². The molecule has 0 saturated carbocycles. The summed E-state index contributed by atoms with van der Waals surface area (Å²) in [6, 6.07) is 9.21. The summed E-state index contributed by atoms with van der Waals surface area (Å²) in [7, 11) is 0. The van der Waals surface area contributed by atoms with Crippen molar-refractivity contribution in [2.45, 2.75) is 26.3 Å². The minimum absolute atomic E-state index is 0. The van der Waals surface area contributed by atoms with Gasteiger partial charge in [-0.25, -0.2) is 0 Å². The summed E-state index contributed by atoms with van der Waals surface area (Å²) >= 11 is 3.72. The molecule has 20 heavy (non-hydrogen) atoms.